The second-order valence-corrected chi connectivity index (χ2v) is 7.35. The van der Waals surface area contributed by atoms with Crippen LogP contribution < -0.4 is 10.2 Å². The Bertz CT molecular complexity index is 955. The molecule has 1 aromatic carbocycles. The number of fused-ring (bicyclic) bond motifs is 1. The average molecular weight is 402 g/mol. The highest BCUT2D eigenvalue weighted by atomic mass is 35.5. The van der Waals surface area contributed by atoms with Crippen LogP contribution in [0.2, 0.25) is 5.02 Å². The number of aliphatic hydroxyl groups excluding tert-OH is 1. The number of nitrogens with one attached hydrogen (secondary N) is 2. The Hall–Kier alpha value is -2.35. The first-order valence-electron chi connectivity index (χ1n) is 9.48. The van der Waals surface area contributed by atoms with E-state index < -0.39 is 6.10 Å². The minimum absolute atomic E-state index is 0.519. The molecule has 3 N–H and O–H groups in total. The van der Waals surface area contributed by atoms with Gasteiger partial charge in [-0.25, -0.2) is 0 Å². The summed E-state index contributed by atoms with van der Waals surface area (Å²) in [6.45, 7) is 5.47. The third kappa shape index (κ3) is 4.06. The Morgan fingerprint density at radius 2 is 2.07 bits per heavy atom. The molecule has 0 spiro atoms. The number of benzene rings is 1. The molecule has 4 rings (SSSR count). The normalized spacial score (nSPS) is 15.8. The Labute approximate surface area is 168 Å². The van der Waals surface area contributed by atoms with Gasteiger partial charge in [-0.2, -0.15) is 9.97 Å². The molecule has 28 heavy (non-hydrogen) atoms. The second kappa shape index (κ2) is 8.34. The first kappa shape index (κ1) is 19.0. The summed E-state index contributed by atoms with van der Waals surface area (Å²) in [7, 11) is 0. The zero-order valence-electron chi connectivity index (χ0n) is 15.8. The Morgan fingerprint density at radius 3 is 2.86 bits per heavy atom. The van der Waals surface area contributed by atoms with Gasteiger partial charge in [-0.05, 0) is 31.0 Å². The molecule has 0 saturated carbocycles. The predicted molar refractivity (Wildman–Crippen MR) is 111 cm³/mol. The van der Waals surface area contributed by atoms with E-state index in [4.69, 9.17) is 21.3 Å². The van der Waals surface area contributed by atoms with Crippen LogP contribution in [0.25, 0.3) is 11.0 Å². The van der Waals surface area contributed by atoms with Crippen molar-refractivity contribution in [2.24, 2.45) is 0 Å². The molecule has 1 aliphatic rings. The van der Waals surface area contributed by atoms with Crippen molar-refractivity contribution >= 4 is 34.4 Å². The molecular formula is C20H24ClN5O2. The first-order valence-corrected chi connectivity index (χ1v) is 9.86. The van der Waals surface area contributed by atoms with Crippen LogP contribution in [-0.2, 0) is 4.74 Å². The van der Waals surface area contributed by atoms with Crippen LogP contribution in [0, 0.1) is 6.92 Å². The van der Waals surface area contributed by atoms with E-state index in [9.17, 15) is 5.11 Å². The lowest BCUT2D eigenvalue weighted by atomic mass is 10.1. The summed E-state index contributed by atoms with van der Waals surface area (Å²) in [6.07, 6.45) is -0.115. The number of H-pyrrole nitrogens is 1. The van der Waals surface area contributed by atoms with E-state index >= 15 is 0 Å². The third-order valence-corrected chi connectivity index (χ3v) is 5.22. The average Bonchev–Trinajstić information content (AvgIpc) is 3.09. The lowest BCUT2D eigenvalue weighted by Crippen LogP contribution is -2.37. The zero-order valence-corrected chi connectivity index (χ0v) is 16.5. The van der Waals surface area contributed by atoms with Gasteiger partial charge in [0.05, 0.1) is 24.7 Å². The second-order valence-electron chi connectivity index (χ2n) is 6.94. The molecule has 3 aromatic rings. The van der Waals surface area contributed by atoms with Gasteiger partial charge < -0.3 is 25.0 Å². The van der Waals surface area contributed by atoms with Crippen molar-refractivity contribution in [2.75, 3.05) is 43.1 Å². The molecule has 0 aliphatic carbocycles. The third-order valence-electron chi connectivity index (χ3n) is 4.88. The molecule has 1 saturated heterocycles. The number of aliphatic hydroxyl groups is 1. The van der Waals surface area contributed by atoms with E-state index in [1.54, 1.807) is 6.07 Å². The van der Waals surface area contributed by atoms with Gasteiger partial charge in [-0.3, -0.25) is 0 Å². The summed E-state index contributed by atoms with van der Waals surface area (Å²) in [6, 6.07) is 9.41. The van der Waals surface area contributed by atoms with Gasteiger partial charge in [0, 0.05) is 30.4 Å². The molecule has 1 unspecified atom stereocenters. The van der Waals surface area contributed by atoms with E-state index in [1.807, 2.05) is 31.2 Å². The number of ether oxygens (including phenoxy) is 1. The predicted octanol–water partition coefficient (Wildman–Crippen LogP) is 3.29. The maximum atomic E-state index is 10.5. The molecule has 1 atom stereocenters. The van der Waals surface area contributed by atoms with Crippen LogP contribution in [-0.4, -0.2) is 52.9 Å². The molecule has 7 nitrogen and oxygen atoms in total. The number of hydrogen-bond donors (Lipinski definition) is 3. The van der Waals surface area contributed by atoms with Crippen LogP contribution in [0.5, 0.6) is 0 Å². The summed E-state index contributed by atoms with van der Waals surface area (Å²) >= 11 is 6.18. The molecule has 148 valence electrons. The SMILES string of the molecule is Cc1cc2c(NCCC(O)c3ccccc3Cl)nc(N3CCOCC3)nc2[nH]1. The van der Waals surface area contributed by atoms with Gasteiger partial charge in [-0.15, -0.1) is 0 Å². The summed E-state index contributed by atoms with van der Waals surface area (Å²) < 4.78 is 5.43. The maximum Gasteiger partial charge on any atom is 0.229 e. The fraction of sp³-hybridized carbons (Fsp3) is 0.400. The van der Waals surface area contributed by atoms with Crippen molar-refractivity contribution < 1.29 is 9.84 Å². The number of nitrogens with zero attached hydrogens (tertiary/aromatic N) is 3. The molecule has 1 aliphatic heterocycles. The molecule has 8 heteroatoms. The van der Waals surface area contributed by atoms with Crippen LogP contribution in [0.15, 0.2) is 30.3 Å². The highest BCUT2D eigenvalue weighted by Crippen LogP contribution is 2.27. The summed E-state index contributed by atoms with van der Waals surface area (Å²) in [4.78, 5) is 14.8. The van der Waals surface area contributed by atoms with Crippen LogP contribution in [0.1, 0.15) is 23.8 Å². The van der Waals surface area contributed by atoms with E-state index in [0.717, 1.165) is 41.2 Å². The van der Waals surface area contributed by atoms with E-state index in [0.29, 0.717) is 37.2 Å². The number of hydrogen-bond acceptors (Lipinski definition) is 6. The molecule has 1 fully saturated rings. The minimum atomic E-state index is -0.634. The highest BCUT2D eigenvalue weighted by Gasteiger charge is 2.18. The molecule has 0 radical (unpaired) electrons. The topological polar surface area (TPSA) is 86.3 Å². The van der Waals surface area contributed by atoms with E-state index in [-0.39, 0.29) is 0 Å². The number of morpholine rings is 1. The van der Waals surface area contributed by atoms with Crippen LogP contribution >= 0.6 is 11.6 Å². The highest BCUT2D eigenvalue weighted by molar-refractivity contribution is 6.31. The molecular weight excluding hydrogens is 378 g/mol. The number of rotatable bonds is 6. The van der Waals surface area contributed by atoms with Gasteiger partial charge in [0.25, 0.3) is 0 Å². The minimum Gasteiger partial charge on any atom is -0.388 e. The van der Waals surface area contributed by atoms with Gasteiger partial charge in [-0.1, -0.05) is 29.8 Å². The lowest BCUT2D eigenvalue weighted by Gasteiger charge is -2.27. The van der Waals surface area contributed by atoms with Crippen molar-refractivity contribution in [3.05, 3.63) is 46.6 Å². The van der Waals surface area contributed by atoms with Gasteiger partial charge in [0.15, 0.2) is 0 Å². The lowest BCUT2D eigenvalue weighted by molar-refractivity contribution is 0.122. The Morgan fingerprint density at radius 1 is 1.29 bits per heavy atom. The molecule has 3 heterocycles. The number of halogens is 1. The Balaban J connectivity index is 1.51. The smallest absolute Gasteiger partial charge is 0.229 e. The van der Waals surface area contributed by atoms with Gasteiger partial charge in [0.2, 0.25) is 5.95 Å². The van der Waals surface area contributed by atoms with Crippen molar-refractivity contribution in [1.82, 2.24) is 15.0 Å². The number of aryl methyl sites for hydroxylation is 1. The summed E-state index contributed by atoms with van der Waals surface area (Å²) in [5, 5.41) is 15.4. The number of aromatic nitrogens is 3. The van der Waals surface area contributed by atoms with Crippen molar-refractivity contribution in [3.8, 4) is 0 Å². The van der Waals surface area contributed by atoms with Crippen molar-refractivity contribution in [1.29, 1.82) is 0 Å². The van der Waals surface area contributed by atoms with Crippen LogP contribution in [0.4, 0.5) is 11.8 Å². The molecule has 0 amide bonds. The van der Waals surface area contributed by atoms with Crippen molar-refractivity contribution in [2.45, 2.75) is 19.4 Å². The largest absolute Gasteiger partial charge is 0.388 e. The van der Waals surface area contributed by atoms with E-state index in [1.165, 1.54) is 0 Å². The summed E-state index contributed by atoms with van der Waals surface area (Å²) in [5.41, 5.74) is 2.58. The molecule has 0 bridgehead atoms. The summed E-state index contributed by atoms with van der Waals surface area (Å²) in [5.74, 6) is 1.45. The fourth-order valence-corrected chi connectivity index (χ4v) is 3.66. The Kier molecular flexibility index (Phi) is 5.66. The van der Waals surface area contributed by atoms with Gasteiger partial charge >= 0.3 is 0 Å². The van der Waals surface area contributed by atoms with E-state index in [2.05, 4.69) is 20.2 Å². The fourth-order valence-electron chi connectivity index (χ4n) is 3.40. The monoisotopic (exact) mass is 401 g/mol. The first-order chi connectivity index (χ1) is 13.6. The van der Waals surface area contributed by atoms with Crippen molar-refractivity contribution in [3.63, 3.8) is 0 Å². The number of aromatic amines is 1. The molecule has 2 aromatic heterocycles. The zero-order chi connectivity index (χ0) is 19.5. The van der Waals surface area contributed by atoms with Crippen LogP contribution in [0.3, 0.4) is 0 Å². The quantitative estimate of drug-likeness (QED) is 0.587. The number of anilines is 2. The standard InChI is InChI=1S/C20H24ClN5O2/c1-13-12-15-18(22-7-6-17(27)14-4-2-3-5-16(14)21)24-20(25-19(15)23-13)26-8-10-28-11-9-26/h2-5,12,17,27H,6-11H2,1H3,(H2,22,23,24,25). The van der Waals surface area contributed by atoms with Gasteiger partial charge in [0.1, 0.15) is 11.5 Å². The maximum absolute atomic E-state index is 10.5.